The molecule has 1 fully saturated rings. The highest BCUT2D eigenvalue weighted by molar-refractivity contribution is 7.89. The van der Waals surface area contributed by atoms with Gasteiger partial charge in [-0.3, -0.25) is 15.0 Å². The Hall–Kier alpha value is -3.43. The van der Waals surface area contributed by atoms with E-state index in [9.17, 15) is 23.1 Å². The first-order chi connectivity index (χ1) is 20.1. The number of hydrogen-bond acceptors (Lipinski definition) is 7. The minimum atomic E-state index is -4.03. The molecule has 2 amide bonds. The maximum atomic E-state index is 13.8. The molecule has 0 saturated carbocycles. The number of benzene rings is 2. The minimum Gasteiger partial charge on any atom is -0.497 e. The van der Waals surface area contributed by atoms with E-state index in [1.165, 1.54) is 23.5 Å². The Morgan fingerprint density at radius 1 is 1.14 bits per heavy atom. The Morgan fingerprint density at radius 2 is 1.83 bits per heavy atom. The number of nitrogens with one attached hydrogen (secondary N) is 2. The predicted molar refractivity (Wildman–Crippen MR) is 161 cm³/mol. The van der Waals surface area contributed by atoms with E-state index in [2.05, 4.69) is 16.7 Å². The fourth-order valence-electron chi connectivity index (χ4n) is 4.89. The quantitative estimate of drug-likeness (QED) is 0.225. The van der Waals surface area contributed by atoms with Crippen LogP contribution in [0.5, 0.6) is 5.75 Å². The van der Waals surface area contributed by atoms with E-state index in [-0.39, 0.29) is 43.2 Å². The lowest BCUT2D eigenvalue weighted by atomic mass is 9.99. The first-order valence-electron chi connectivity index (χ1n) is 14.2. The van der Waals surface area contributed by atoms with Crippen molar-refractivity contribution in [3.63, 3.8) is 0 Å². The molecule has 0 aliphatic carbocycles. The molecule has 3 N–H and O–H groups in total. The van der Waals surface area contributed by atoms with E-state index in [1.807, 2.05) is 44.2 Å². The van der Waals surface area contributed by atoms with Gasteiger partial charge in [0.1, 0.15) is 5.75 Å². The Balaban J connectivity index is 1.98. The van der Waals surface area contributed by atoms with Crippen molar-refractivity contribution >= 4 is 21.8 Å². The summed E-state index contributed by atoms with van der Waals surface area (Å²) in [5.41, 5.74) is 3.54. The first kappa shape index (κ1) is 33.1. The molecule has 1 saturated heterocycles. The minimum absolute atomic E-state index is 0.0489. The van der Waals surface area contributed by atoms with Gasteiger partial charge in [-0.25, -0.2) is 13.4 Å². The number of ether oxygens (including phenoxy) is 1. The molecular formula is C31H42N4O6S. The Kier molecular flexibility index (Phi) is 12.4. The summed E-state index contributed by atoms with van der Waals surface area (Å²) in [6, 6.07) is 13.8. The lowest BCUT2D eigenvalue weighted by Gasteiger charge is -2.37. The van der Waals surface area contributed by atoms with Crippen LogP contribution in [0.25, 0.3) is 0 Å². The van der Waals surface area contributed by atoms with Crippen LogP contribution in [0.1, 0.15) is 45.1 Å². The zero-order chi connectivity index (χ0) is 30.7. The highest BCUT2D eigenvalue weighted by Crippen LogP contribution is 2.23. The number of aliphatic hydroxyl groups excluding tert-OH is 1. The number of methoxy groups -OCH3 is 1. The third-order valence-electron chi connectivity index (χ3n) is 7.08. The van der Waals surface area contributed by atoms with Crippen molar-refractivity contribution < 1.29 is 27.9 Å². The number of rotatable bonds is 14. The number of aliphatic hydroxyl groups is 1. The lowest BCUT2D eigenvalue weighted by molar-refractivity contribution is -0.148. The number of sulfonamides is 1. The topological polar surface area (TPSA) is 128 Å². The summed E-state index contributed by atoms with van der Waals surface area (Å²) in [6.45, 7) is 4.28. The van der Waals surface area contributed by atoms with Gasteiger partial charge in [-0.05, 0) is 61.6 Å². The smallest absolute Gasteiger partial charge is 0.255 e. The zero-order valence-electron chi connectivity index (χ0n) is 24.5. The van der Waals surface area contributed by atoms with Crippen LogP contribution in [-0.4, -0.2) is 79.6 Å². The molecule has 3 rings (SSSR count). The molecule has 0 aromatic heterocycles. The molecule has 0 radical (unpaired) electrons. The number of nitrogens with zero attached hydrogens (tertiary/aromatic N) is 2. The SMILES string of the molecule is C#CCCC(=O)N(NC(=O)C1CCCN1)C(Cc1ccccc1)[C@H](O)CN(CC(C)C)S(=O)(=O)c1ccc(OC)cc1. The summed E-state index contributed by atoms with van der Waals surface area (Å²) in [5.74, 6) is 2.05. The van der Waals surface area contributed by atoms with Crippen LogP contribution in [0.2, 0.25) is 0 Å². The standard InChI is InChI=1S/C31H42N4O6S/c1-5-6-14-30(37)35(33-31(38)27-13-10-19-32-27)28(20-24-11-8-7-9-12-24)29(36)22-34(21-23(2)3)42(39,40)26-17-15-25(41-4)16-18-26/h1,7-9,11-12,15-18,23,27-29,32,36H,6,10,13-14,19-22H2,2-4H3,(H,33,38)/t27?,28?,29-/m1/s1. The van der Waals surface area contributed by atoms with Gasteiger partial charge in [-0.15, -0.1) is 12.3 Å². The van der Waals surface area contributed by atoms with Crippen molar-refractivity contribution in [3.05, 3.63) is 60.2 Å². The summed E-state index contributed by atoms with van der Waals surface area (Å²) in [7, 11) is -2.53. The monoisotopic (exact) mass is 598 g/mol. The second-order valence-corrected chi connectivity index (χ2v) is 12.7. The Bertz CT molecular complexity index is 1310. The van der Waals surface area contributed by atoms with Crippen LogP contribution in [-0.2, 0) is 26.0 Å². The van der Waals surface area contributed by atoms with E-state index in [1.54, 1.807) is 12.1 Å². The molecule has 42 heavy (non-hydrogen) atoms. The molecule has 228 valence electrons. The van der Waals surface area contributed by atoms with Gasteiger partial charge in [0.15, 0.2) is 0 Å². The van der Waals surface area contributed by atoms with Gasteiger partial charge in [0.25, 0.3) is 5.91 Å². The number of hydrazine groups is 1. The normalized spacial score (nSPS) is 16.5. The molecule has 1 aliphatic heterocycles. The number of hydrogen-bond donors (Lipinski definition) is 3. The van der Waals surface area contributed by atoms with Crippen molar-refractivity contribution in [2.24, 2.45) is 5.92 Å². The molecule has 0 bridgehead atoms. The van der Waals surface area contributed by atoms with E-state index in [4.69, 9.17) is 11.2 Å². The van der Waals surface area contributed by atoms with Crippen LogP contribution in [0, 0.1) is 18.3 Å². The molecule has 2 unspecified atom stereocenters. The fourth-order valence-corrected chi connectivity index (χ4v) is 6.52. The zero-order valence-corrected chi connectivity index (χ0v) is 25.3. The van der Waals surface area contributed by atoms with Crippen LogP contribution in [0.4, 0.5) is 0 Å². The largest absolute Gasteiger partial charge is 0.497 e. The third kappa shape index (κ3) is 9.03. The fraction of sp³-hybridized carbons (Fsp3) is 0.484. The van der Waals surface area contributed by atoms with Crippen molar-refractivity contribution in [2.45, 2.75) is 69.0 Å². The predicted octanol–water partition coefficient (Wildman–Crippen LogP) is 2.34. The molecule has 2 aromatic carbocycles. The maximum absolute atomic E-state index is 13.8. The average molecular weight is 599 g/mol. The molecule has 10 nitrogen and oxygen atoms in total. The van der Waals surface area contributed by atoms with Crippen LogP contribution in [0.3, 0.4) is 0 Å². The Morgan fingerprint density at radius 3 is 2.40 bits per heavy atom. The van der Waals surface area contributed by atoms with E-state index >= 15 is 0 Å². The number of carbonyl (C=O) groups is 2. The second-order valence-electron chi connectivity index (χ2n) is 10.8. The first-order valence-corrected chi connectivity index (χ1v) is 15.7. The van der Waals surface area contributed by atoms with Crippen molar-refractivity contribution in [3.8, 4) is 18.1 Å². The van der Waals surface area contributed by atoms with E-state index in [0.29, 0.717) is 18.7 Å². The summed E-state index contributed by atoms with van der Waals surface area (Å²) in [5, 5.41) is 16.0. The highest BCUT2D eigenvalue weighted by Gasteiger charge is 2.37. The molecule has 2 aromatic rings. The van der Waals surface area contributed by atoms with Gasteiger partial charge < -0.3 is 15.2 Å². The molecule has 3 atom stereocenters. The van der Waals surface area contributed by atoms with E-state index in [0.717, 1.165) is 17.0 Å². The Labute approximate surface area is 249 Å². The van der Waals surface area contributed by atoms with Crippen LogP contribution < -0.4 is 15.5 Å². The molecule has 1 heterocycles. The highest BCUT2D eigenvalue weighted by atomic mass is 32.2. The van der Waals surface area contributed by atoms with Crippen molar-refractivity contribution in [2.75, 3.05) is 26.7 Å². The number of carbonyl (C=O) groups excluding carboxylic acids is 2. The lowest BCUT2D eigenvalue weighted by Crippen LogP contribution is -2.61. The summed E-state index contributed by atoms with van der Waals surface area (Å²) >= 11 is 0. The van der Waals surface area contributed by atoms with Gasteiger partial charge in [0.05, 0.1) is 30.2 Å². The van der Waals surface area contributed by atoms with Crippen LogP contribution >= 0.6 is 0 Å². The van der Waals surface area contributed by atoms with Crippen LogP contribution in [0.15, 0.2) is 59.5 Å². The van der Waals surface area contributed by atoms with Gasteiger partial charge in [-0.1, -0.05) is 44.2 Å². The van der Waals surface area contributed by atoms with Gasteiger partial charge in [-0.2, -0.15) is 4.31 Å². The summed E-state index contributed by atoms with van der Waals surface area (Å²) < 4.78 is 33.9. The maximum Gasteiger partial charge on any atom is 0.255 e. The average Bonchev–Trinajstić information content (AvgIpc) is 3.53. The summed E-state index contributed by atoms with van der Waals surface area (Å²) in [6.07, 6.45) is 5.77. The molecular weight excluding hydrogens is 556 g/mol. The molecule has 1 aliphatic rings. The van der Waals surface area contributed by atoms with E-state index < -0.39 is 40.0 Å². The van der Waals surface area contributed by atoms with Gasteiger partial charge in [0, 0.05) is 25.9 Å². The third-order valence-corrected chi connectivity index (χ3v) is 8.93. The van der Waals surface area contributed by atoms with Crippen molar-refractivity contribution in [1.29, 1.82) is 0 Å². The second kappa shape index (κ2) is 15.7. The summed E-state index contributed by atoms with van der Waals surface area (Å²) in [4.78, 5) is 26.7. The van der Waals surface area contributed by atoms with Gasteiger partial charge >= 0.3 is 0 Å². The molecule has 0 spiro atoms. The molecule has 11 heteroatoms. The number of amides is 2. The van der Waals surface area contributed by atoms with Gasteiger partial charge in [0.2, 0.25) is 15.9 Å². The van der Waals surface area contributed by atoms with Crippen molar-refractivity contribution in [1.82, 2.24) is 20.1 Å². The number of terminal acetylenes is 1.